The van der Waals surface area contributed by atoms with Gasteiger partial charge >= 0.3 is 6.18 Å². The van der Waals surface area contributed by atoms with Crippen LogP contribution in [-0.2, 0) is 12.7 Å². The van der Waals surface area contributed by atoms with Crippen molar-refractivity contribution < 1.29 is 18.4 Å². The average molecular weight is 226 g/mol. The summed E-state index contributed by atoms with van der Waals surface area (Å²) < 4.78 is 36.9. The van der Waals surface area contributed by atoms with E-state index in [1.165, 1.54) is 6.07 Å². The van der Waals surface area contributed by atoms with E-state index < -0.39 is 11.7 Å². The number of halogens is 4. The number of nitrogens with one attached hydrogen (secondary N) is 1. The van der Waals surface area contributed by atoms with Gasteiger partial charge in [0.1, 0.15) is 0 Å². The zero-order valence-corrected chi connectivity index (χ0v) is 7.65. The Kier molecular flexibility index (Phi) is 3.36. The maximum atomic E-state index is 12.3. The van der Waals surface area contributed by atoms with Gasteiger partial charge in [0.25, 0.3) is 0 Å². The zero-order valence-electron chi connectivity index (χ0n) is 6.90. The van der Waals surface area contributed by atoms with Crippen molar-refractivity contribution in [3.63, 3.8) is 0 Å². The summed E-state index contributed by atoms with van der Waals surface area (Å²) in [5, 5.41) is 7.97. The molecule has 0 radical (unpaired) electrons. The first-order valence-electron chi connectivity index (χ1n) is 3.67. The van der Waals surface area contributed by atoms with Gasteiger partial charge in [-0.05, 0) is 17.7 Å². The first-order chi connectivity index (χ1) is 6.45. The highest BCUT2D eigenvalue weighted by molar-refractivity contribution is 6.31. The van der Waals surface area contributed by atoms with Gasteiger partial charge < -0.3 is 5.21 Å². The van der Waals surface area contributed by atoms with Crippen LogP contribution in [0.3, 0.4) is 0 Å². The van der Waals surface area contributed by atoms with Gasteiger partial charge in [-0.2, -0.15) is 13.2 Å². The maximum Gasteiger partial charge on any atom is 0.417 e. The Labute approximate surface area is 83.3 Å². The third-order valence-corrected chi connectivity index (χ3v) is 1.95. The summed E-state index contributed by atoms with van der Waals surface area (Å²) in [6.07, 6.45) is -4.47. The SMILES string of the molecule is ONCc1ccc(Cl)c(C(F)(F)F)c1. The van der Waals surface area contributed by atoms with E-state index in [-0.39, 0.29) is 11.6 Å². The van der Waals surface area contributed by atoms with E-state index in [0.717, 1.165) is 12.1 Å². The van der Waals surface area contributed by atoms with Gasteiger partial charge in [-0.3, -0.25) is 0 Å². The second-order valence-corrected chi connectivity index (χ2v) is 3.05. The second kappa shape index (κ2) is 4.16. The van der Waals surface area contributed by atoms with Crippen LogP contribution in [0.2, 0.25) is 5.02 Å². The van der Waals surface area contributed by atoms with E-state index in [2.05, 4.69) is 0 Å². The Morgan fingerprint density at radius 1 is 1.36 bits per heavy atom. The van der Waals surface area contributed by atoms with Crippen molar-refractivity contribution in [3.8, 4) is 0 Å². The Balaban J connectivity index is 3.09. The lowest BCUT2D eigenvalue weighted by Crippen LogP contribution is -2.10. The zero-order chi connectivity index (χ0) is 10.8. The molecule has 0 bridgehead atoms. The van der Waals surface area contributed by atoms with Crippen molar-refractivity contribution in [1.29, 1.82) is 0 Å². The number of hydroxylamine groups is 1. The molecule has 1 rings (SSSR count). The lowest BCUT2D eigenvalue weighted by molar-refractivity contribution is -0.137. The Morgan fingerprint density at radius 2 is 2.00 bits per heavy atom. The van der Waals surface area contributed by atoms with Gasteiger partial charge in [-0.1, -0.05) is 17.7 Å². The quantitative estimate of drug-likeness (QED) is 0.759. The number of hydrogen-bond acceptors (Lipinski definition) is 2. The lowest BCUT2D eigenvalue weighted by Gasteiger charge is -2.10. The molecular weight excluding hydrogens is 219 g/mol. The van der Waals surface area contributed by atoms with Crippen LogP contribution in [0, 0.1) is 0 Å². The highest BCUT2D eigenvalue weighted by Gasteiger charge is 2.33. The summed E-state index contributed by atoms with van der Waals surface area (Å²) in [4.78, 5) is 0. The molecule has 0 saturated heterocycles. The van der Waals surface area contributed by atoms with E-state index >= 15 is 0 Å². The van der Waals surface area contributed by atoms with Crippen LogP contribution >= 0.6 is 11.6 Å². The molecule has 1 aromatic carbocycles. The smallest absolute Gasteiger partial charge is 0.316 e. The Bertz CT molecular complexity index is 327. The third-order valence-electron chi connectivity index (χ3n) is 1.62. The summed E-state index contributed by atoms with van der Waals surface area (Å²) in [6.45, 7) is -0.0553. The monoisotopic (exact) mass is 225 g/mol. The molecule has 0 amide bonds. The molecular formula is C8H7ClF3NO. The molecule has 2 nitrogen and oxygen atoms in total. The molecule has 0 heterocycles. The number of benzene rings is 1. The van der Waals surface area contributed by atoms with Crippen molar-refractivity contribution in [2.24, 2.45) is 0 Å². The number of rotatable bonds is 2. The van der Waals surface area contributed by atoms with E-state index in [1.54, 1.807) is 5.48 Å². The van der Waals surface area contributed by atoms with Crippen LogP contribution < -0.4 is 5.48 Å². The fourth-order valence-electron chi connectivity index (χ4n) is 0.991. The molecule has 78 valence electrons. The molecule has 0 aliphatic carbocycles. The molecule has 6 heteroatoms. The molecule has 0 fully saturated rings. The molecule has 0 aliphatic heterocycles. The van der Waals surface area contributed by atoms with Gasteiger partial charge in [0.05, 0.1) is 10.6 Å². The van der Waals surface area contributed by atoms with E-state index in [9.17, 15) is 13.2 Å². The minimum atomic E-state index is -4.47. The fourth-order valence-corrected chi connectivity index (χ4v) is 1.22. The third kappa shape index (κ3) is 2.60. The molecule has 0 atom stereocenters. The van der Waals surface area contributed by atoms with Gasteiger partial charge in [0, 0.05) is 6.54 Å². The van der Waals surface area contributed by atoms with Crippen LogP contribution in [0.25, 0.3) is 0 Å². The van der Waals surface area contributed by atoms with Crippen molar-refractivity contribution >= 4 is 11.6 Å². The lowest BCUT2D eigenvalue weighted by atomic mass is 10.1. The maximum absolute atomic E-state index is 12.3. The van der Waals surface area contributed by atoms with E-state index in [1.807, 2.05) is 0 Å². The topological polar surface area (TPSA) is 32.3 Å². The van der Waals surface area contributed by atoms with Crippen LogP contribution in [-0.4, -0.2) is 5.21 Å². The number of hydrogen-bond donors (Lipinski definition) is 2. The van der Waals surface area contributed by atoms with Crippen molar-refractivity contribution in [1.82, 2.24) is 5.48 Å². The van der Waals surface area contributed by atoms with Crippen LogP contribution in [0.1, 0.15) is 11.1 Å². The standard InChI is InChI=1S/C8H7ClF3NO/c9-7-2-1-5(4-13-14)3-6(7)8(10,11)12/h1-3,13-14H,4H2. The molecule has 0 spiro atoms. The predicted molar refractivity (Wildman–Crippen MR) is 45.1 cm³/mol. The largest absolute Gasteiger partial charge is 0.417 e. The second-order valence-electron chi connectivity index (χ2n) is 2.65. The molecule has 1 aromatic rings. The highest BCUT2D eigenvalue weighted by atomic mass is 35.5. The van der Waals surface area contributed by atoms with Crippen molar-refractivity contribution in [3.05, 3.63) is 34.3 Å². The van der Waals surface area contributed by atoms with Gasteiger partial charge in [-0.25, -0.2) is 5.48 Å². The van der Waals surface area contributed by atoms with Crippen LogP contribution in [0.15, 0.2) is 18.2 Å². The molecule has 0 unspecified atom stereocenters. The predicted octanol–water partition coefficient (Wildman–Crippen LogP) is 2.84. The molecule has 2 N–H and O–H groups in total. The van der Waals surface area contributed by atoms with E-state index in [0.29, 0.717) is 5.56 Å². The minimum Gasteiger partial charge on any atom is -0.316 e. The van der Waals surface area contributed by atoms with Crippen molar-refractivity contribution in [2.45, 2.75) is 12.7 Å². The molecule has 0 saturated carbocycles. The van der Waals surface area contributed by atoms with Gasteiger partial charge in [0.15, 0.2) is 0 Å². The van der Waals surface area contributed by atoms with Crippen LogP contribution in [0.4, 0.5) is 13.2 Å². The first kappa shape index (κ1) is 11.3. The molecule has 0 aromatic heterocycles. The summed E-state index contributed by atoms with van der Waals surface area (Å²) in [5.74, 6) is 0. The van der Waals surface area contributed by atoms with Crippen molar-refractivity contribution in [2.75, 3.05) is 0 Å². The summed E-state index contributed by atoms with van der Waals surface area (Å²) in [5.41, 5.74) is 1.18. The molecule has 14 heavy (non-hydrogen) atoms. The average Bonchev–Trinajstić information content (AvgIpc) is 2.07. The highest BCUT2D eigenvalue weighted by Crippen LogP contribution is 2.34. The summed E-state index contributed by atoms with van der Waals surface area (Å²) >= 11 is 5.38. The normalized spacial score (nSPS) is 11.8. The van der Waals surface area contributed by atoms with Crippen LogP contribution in [0.5, 0.6) is 0 Å². The Morgan fingerprint density at radius 3 is 2.50 bits per heavy atom. The van der Waals surface area contributed by atoms with Gasteiger partial charge in [0.2, 0.25) is 0 Å². The molecule has 0 aliphatic rings. The van der Waals surface area contributed by atoms with E-state index in [4.69, 9.17) is 16.8 Å². The first-order valence-corrected chi connectivity index (χ1v) is 4.05. The summed E-state index contributed by atoms with van der Waals surface area (Å²) in [7, 11) is 0. The Hall–Kier alpha value is -0.780. The minimum absolute atomic E-state index is 0.0553. The fraction of sp³-hybridized carbons (Fsp3) is 0.250. The van der Waals surface area contributed by atoms with Gasteiger partial charge in [-0.15, -0.1) is 0 Å². The number of alkyl halides is 3. The summed E-state index contributed by atoms with van der Waals surface area (Å²) in [6, 6.07) is 3.45.